The van der Waals surface area contributed by atoms with Gasteiger partial charge in [0, 0.05) is 44.8 Å². The Hall–Kier alpha value is -2.28. The maximum absolute atomic E-state index is 12.7. The van der Waals surface area contributed by atoms with Gasteiger partial charge in [-0.2, -0.15) is 0 Å². The normalized spacial score (nSPS) is 24.5. The minimum absolute atomic E-state index is 0.160. The Morgan fingerprint density at radius 3 is 2.16 bits per heavy atom. The maximum Gasteiger partial charge on any atom is 0.410 e. The number of carbonyl (C=O) groups excluding carboxylic acids is 2. The lowest BCUT2D eigenvalue weighted by Crippen LogP contribution is -2.57. The standard InChI is InChI=1S/C25H37N3O4/c1-25(2,3)32-24(30)28-21-9-10-22(28)17-26(16-21)15-19-11-13-27(14-12-19)23(29)31-18-20-7-5-4-6-8-20/h4-8,19,21-22H,9-18H2,1-3H3. The van der Waals surface area contributed by atoms with Gasteiger partial charge in [-0.15, -0.1) is 0 Å². The van der Waals surface area contributed by atoms with Crippen molar-refractivity contribution in [1.29, 1.82) is 0 Å². The van der Waals surface area contributed by atoms with E-state index in [0.717, 1.165) is 64.0 Å². The van der Waals surface area contributed by atoms with Crippen molar-refractivity contribution in [3.05, 3.63) is 35.9 Å². The molecule has 3 saturated heterocycles. The Labute approximate surface area is 191 Å². The second kappa shape index (κ2) is 9.69. The topological polar surface area (TPSA) is 62.3 Å². The zero-order valence-corrected chi connectivity index (χ0v) is 19.7. The maximum atomic E-state index is 12.7. The molecule has 7 nitrogen and oxygen atoms in total. The van der Waals surface area contributed by atoms with Crippen LogP contribution in [0.3, 0.4) is 0 Å². The first-order valence-electron chi connectivity index (χ1n) is 12.0. The minimum Gasteiger partial charge on any atom is -0.445 e. The van der Waals surface area contributed by atoms with Gasteiger partial charge in [-0.3, -0.25) is 9.80 Å². The van der Waals surface area contributed by atoms with E-state index >= 15 is 0 Å². The van der Waals surface area contributed by atoms with Gasteiger partial charge in [0.2, 0.25) is 0 Å². The summed E-state index contributed by atoms with van der Waals surface area (Å²) in [4.78, 5) is 31.4. The van der Waals surface area contributed by atoms with Crippen molar-refractivity contribution < 1.29 is 19.1 Å². The van der Waals surface area contributed by atoms with Gasteiger partial charge in [-0.25, -0.2) is 9.59 Å². The Balaban J connectivity index is 1.20. The van der Waals surface area contributed by atoms with Crippen LogP contribution in [0.15, 0.2) is 30.3 Å². The minimum atomic E-state index is -0.454. The van der Waals surface area contributed by atoms with Gasteiger partial charge in [0.25, 0.3) is 0 Å². The quantitative estimate of drug-likeness (QED) is 0.701. The molecule has 3 heterocycles. The number of amides is 2. The average molecular weight is 444 g/mol. The molecule has 0 radical (unpaired) electrons. The first-order valence-corrected chi connectivity index (χ1v) is 12.0. The molecule has 2 unspecified atom stereocenters. The van der Waals surface area contributed by atoms with Crippen molar-refractivity contribution in [2.24, 2.45) is 5.92 Å². The molecule has 0 N–H and O–H groups in total. The molecular formula is C25H37N3O4. The van der Waals surface area contributed by atoms with Crippen LogP contribution in [-0.2, 0) is 16.1 Å². The predicted octanol–water partition coefficient (Wildman–Crippen LogP) is 4.12. The predicted molar refractivity (Wildman–Crippen MR) is 122 cm³/mol. The summed E-state index contributed by atoms with van der Waals surface area (Å²) in [6.07, 6.45) is 3.76. The van der Waals surface area contributed by atoms with Crippen molar-refractivity contribution >= 4 is 12.2 Å². The van der Waals surface area contributed by atoms with Crippen LogP contribution in [0.4, 0.5) is 9.59 Å². The Morgan fingerprint density at radius 2 is 1.56 bits per heavy atom. The highest BCUT2D eigenvalue weighted by atomic mass is 16.6. The fourth-order valence-corrected chi connectivity index (χ4v) is 5.23. The number of hydrogen-bond donors (Lipinski definition) is 0. The molecule has 2 amide bonds. The van der Waals surface area contributed by atoms with Crippen LogP contribution in [0.1, 0.15) is 52.0 Å². The fourth-order valence-electron chi connectivity index (χ4n) is 5.23. The molecule has 1 aromatic carbocycles. The third-order valence-corrected chi connectivity index (χ3v) is 6.76. The zero-order chi connectivity index (χ0) is 22.7. The summed E-state index contributed by atoms with van der Waals surface area (Å²) in [6.45, 7) is 10.5. The molecule has 0 aliphatic carbocycles. The molecule has 2 atom stereocenters. The number of benzene rings is 1. The molecule has 176 valence electrons. The second-order valence-electron chi connectivity index (χ2n) is 10.5. The summed E-state index contributed by atoms with van der Waals surface area (Å²) in [5, 5.41) is 0. The Bertz CT molecular complexity index is 772. The molecule has 1 aromatic rings. The molecule has 2 bridgehead atoms. The van der Waals surface area contributed by atoms with Crippen LogP contribution in [0.2, 0.25) is 0 Å². The van der Waals surface area contributed by atoms with Crippen LogP contribution in [0.25, 0.3) is 0 Å². The van der Waals surface area contributed by atoms with Crippen LogP contribution in [0.5, 0.6) is 0 Å². The molecule has 3 aliphatic heterocycles. The van der Waals surface area contributed by atoms with Gasteiger partial charge in [-0.05, 0) is 57.9 Å². The van der Waals surface area contributed by atoms with Gasteiger partial charge >= 0.3 is 12.2 Å². The number of ether oxygens (including phenoxy) is 2. The number of fused-ring (bicyclic) bond motifs is 2. The molecule has 7 heteroatoms. The first kappa shape index (κ1) is 22.9. The fraction of sp³-hybridized carbons (Fsp3) is 0.680. The van der Waals surface area contributed by atoms with E-state index in [4.69, 9.17) is 9.47 Å². The van der Waals surface area contributed by atoms with E-state index in [1.807, 2.05) is 60.9 Å². The van der Waals surface area contributed by atoms with E-state index in [1.165, 1.54) is 0 Å². The van der Waals surface area contributed by atoms with E-state index in [-0.39, 0.29) is 24.3 Å². The third-order valence-electron chi connectivity index (χ3n) is 6.76. The summed E-state index contributed by atoms with van der Waals surface area (Å²) in [7, 11) is 0. The summed E-state index contributed by atoms with van der Waals surface area (Å²) < 4.78 is 11.1. The highest BCUT2D eigenvalue weighted by Gasteiger charge is 2.44. The van der Waals surface area contributed by atoms with E-state index in [9.17, 15) is 9.59 Å². The van der Waals surface area contributed by atoms with E-state index in [0.29, 0.717) is 12.5 Å². The van der Waals surface area contributed by atoms with Crippen LogP contribution in [-0.4, -0.2) is 77.3 Å². The van der Waals surface area contributed by atoms with Crippen molar-refractivity contribution in [3.63, 3.8) is 0 Å². The average Bonchev–Trinajstić information content (AvgIpc) is 3.03. The number of hydrogen-bond acceptors (Lipinski definition) is 5. The van der Waals surface area contributed by atoms with Crippen molar-refractivity contribution in [2.45, 2.75) is 70.7 Å². The first-order chi connectivity index (χ1) is 15.3. The highest BCUT2D eigenvalue weighted by molar-refractivity contribution is 5.70. The lowest BCUT2D eigenvalue weighted by Gasteiger charge is -2.43. The molecule has 0 saturated carbocycles. The van der Waals surface area contributed by atoms with E-state index in [1.54, 1.807) is 0 Å². The smallest absolute Gasteiger partial charge is 0.410 e. The van der Waals surface area contributed by atoms with Crippen LogP contribution >= 0.6 is 0 Å². The molecule has 0 aromatic heterocycles. The van der Waals surface area contributed by atoms with Crippen LogP contribution in [0, 0.1) is 5.92 Å². The lowest BCUT2D eigenvalue weighted by atomic mass is 9.96. The van der Waals surface area contributed by atoms with Crippen molar-refractivity contribution in [2.75, 3.05) is 32.7 Å². The number of likely N-dealkylation sites (tertiary alicyclic amines) is 2. The highest BCUT2D eigenvalue weighted by Crippen LogP contribution is 2.32. The number of carbonyl (C=O) groups is 2. The van der Waals surface area contributed by atoms with Crippen molar-refractivity contribution in [3.8, 4) is 0 Å². The van der Waals surface area contributed by atoms with Gasteiger partial charge < -0.3 is 14.4 Å². The summed E-state index contributed by atoms with van der Waals surface area (Å²) in [5.74, 6) is 0.584. The molecule has 32 heavy (non-hydrogen) atoms. The molecule has 4 rings (SSSR count). The van der Waals surface area contributed by atoms with Crippen molar-refractivity contribution in [1.82, 2.24) is 14.7 Å². The van der Waals surface area contributed by atoms with E-state index < -0.39 is 5.60 Å². The molecule has 3 fully saturated rings. The SMILES string of the molecule is CC(C)(C)OC(=O)N1C2CCC1CN(CC1CCN(C(=O)OCc3ccccc3)CC1)C2. The second-order valence-corrected chi connectivity index (χ2v) is 10.5. The Morgan fingerprint density at radius 1 is 0.938 bits per heavy atom. The van der Waals surface area contributed by atoms with Gasteiger partial charge in [0.1, 0.15) is 12.2 Å². The molecular weight excluding hydrogens is 406 g/mol. The summed E-state index contributed by atoms with van der Waals surface area (Å²) in [5.41, 5.74) is 0.556. The number of piperidine rings is 1. The van der Waals surface area contributed by atoms with Crippen LogP contribution < -0.4 is 0 Å². The lowest BCUT2D eigenvalue weighted by molar-refractivity contribution is -0.00759. The third kappa shape index (κ3) is 5.74. The van der Waals surface area contributed by atoms with Gasteiger partial charge in [0.05, 0.1) is 0 Å². The van der Waals surface area contributed by atoms with Gasteiger partial charge in [0.15, 0.2) is 0 Å². The largest absolute Gasteiger partial charge is 0.445 e. The van der Waals surface area contributed by atoms with E-state index in [2.05, 4.69) is 4.90 Å². The Kier molecular flexibility index (Phi) is 6.93. The summed E-state index contributed by atoms with van der Waals surface area (Å²) >= 11 is 0. The molecule has 0 spiro atoms. The summed E-state index contributed by atoms with van der Waals surface area (Å²) in [6, 6.07) is 10.3. The number of piperazine rings is 1. The monoisotopic (exact) mass is 443 g/mol. The number of rotatable bonds is 4. The van der Waals surface area contributed by atoms with Gasteiger partial charge in [-0.1, -0.05) is 30.3 Å². The molecule has 3 aliphatic rings. The number of nitrogens with zero attached hydrogens (tertiary/aromatic N) is 3. The zero-order valence-electron chi connectivity index (χ0n) is 19.7.